The monoisotopic (exact) mass is 263 g/mol. The third-order valence-electron chi connectivity index (χ3n) is 4.14. The van der Waals surface area contributed by atoms with E-state index in [0.717, 1.165) is 5.69 Å². The zero-order valence-electron chi connectivity index (χ0n) is 12.5. The van der Waals surface area contributed by atoms with Gasteiger partial charge in [0, 0.05) is 26.2 Å². The Bertz CT molecular complexity index is 442. The van der Waals surface area contributed by atoms with Crippen LogP contribution < -0.4 is 0 Å². The predicted molar refractivity (Wildman–Crippen MR) is 76.1 cm³/mol. The molecule has 19 heavy (non-hydrogen) atoms. The maximum atomic E-state index is 12.2. The Morgan fingerprint density at radius 2 is 1.95 bits per heavy atom. The van der Waals surface area contributed by atoms with Crippen LogP contribution in [0, 0.1) is 0 Å². The highest BCUT2D eigenvalue weighted by molar-refractivity contribution is 5.83. The van der Waals surface area contributed by atoms with Crippen LogP contribution in [0.3, 0.4) is 0 Å². The average Bonchev–Trinajstić information content (AvgIpc) is 2.89. The van der Waals surface area contributed by atoms with Crippen LogP contribution in [-0.4, -0.2) is 34.7 Å². The molecule has 1 amide bonds. The number of carbonyl (C=O) groups is 1. The standard InChI is InChI=1S/C15H25N3O/c1-15(2,14(19)17(3)4)18-11-10-13(16-18)12-8-6-5-7-9-12/h10-12H,5-9H2,1-4H3. The van der Waals surface area contributed by atoms with Crippen molar-refractivity contribution < 1.29 is 4.79 Å². The maximum absolute atomic E-state index is 12.2. The van der Waals surface area contributed by atoms with Crippen LogP contribution in [0.25, 0.3) is 0 Å². The van der Waals surface area contributed by atoms with Crippen molar-refractivity contribution in [1.82, 2.24) is 14.7 Å². The number of hydrogen-bond acceptors (Lipinski definition) is 2. The van der Waals surface area contributed by atoms with Gasteiger partial charge in [-0.25, -0.2) is 0 Å². The average molecular weight is 263 g/mol. The minimum atomic E-state index is -0.615. The second kappa shape index (κ2) is 5.35. The molecule has 0 bridgehead atoms. The van der Waals surface area contributed by atoms with E-state index in [4.69, 9.17) is 0 Å². The fraction of sp³-hybridized carbons (Fsp3) is 0.733. The van der Waals surface area contributed by atoms with Crippen molar-refractivity contribution >= 4 is 5.91 Å². The van der Waals surface area contributed by atoms with Crippen molar-refractivity contribution in [3.05, 3.63) is 18.0 Å². The third kappa shape index (κ3) is 2.82. The van der Waals surface area contributed by atoms with Gasteiger partial charge in [-0.2, -0.15) is 5.10 Å². The fourth-order valence-electron chi connectivity index (χ4n) is 2.91. The molecule has 0 radical (unpaired) electrons. The number of hydrogen-bond donors (Lipinski definition) is 0. The second-order valence-electron chi connectivity index (χ2n) is 6.28. The SMILES string of the molecule is CN(C)C(=O)C(C)(C)n1ccc(C2CCCCC2)n1. The van der Waals surface area contributed by atoms with Gasteiger partial charge in [0.25, 0.3) is 0 Å². The number of carbonyl (C=O) groups excluding carboxylic acids is 1. The second-order valence-corrected chi connectivity index (χ2v) is 6.28. The molecule has 0 unspecified atom stereocenters. The summed E-state index contributed by atoms with van der Waals surface area (Å²) in [5.74, 6) is 0.658. The van der Waals surface area contributed by atoms with Crippen LogP contribution in [0.1, 0.15) is 57.6 Å². The smallest absolute Gasteiger partial charge is 0.249 e. The van der Waals surface area contributed by atoms with Gasteiger partial charge in [0.15, 0.2) is 0 Å². The molecule has 1 aliphatic carbocycles. The van der Waals surface area contributed by atoms with Crippen LogP contribution >= 0.6 is 0 Å². The topological polar surface area (TPSA) is 38.1 Å². The predicted octanol–water partition coefficient (Wildman–Crippen LogP) is 2.75. The molecule has 0 spiro atoms. The van der Waals surface area contributed by atoms with E-state index in [1.54, 1.807) is 19.0 Å². The summed E-state index contributed by atoms with van der Waals surface area (Å²) in [5, 5.41) is 4.68. The number of aromatic nitrogens is 2. The van der Waals surface area contributed by atoms with Crippen molar-refractivity contribution in [2.75, 3.05) is 14.1 Å². The van der Waals surface area contributed by atoms with Crippen LogP contribution in [0.15, 0.2) is 12.3 Å². The zero-order chi connectivity index (χ0) is 14.0. The third-order valence-corrected chi connectivity index (χ3v) is 4.14. The van der Waals surface area contributed by atoms with Gasteiger partial charge in [0.1, 0.15) is 5.54 Å². The molecule has 2 rings (SSSR count). The number of likely N-dealkylation sites (N-methyl/N-ethyl adjacent to an activating group) is 1. The molecule has 0 aromatic carbocycles. The summed E-state index contributed by atoms with van der Waals surface area (Å²) in [6.45, 7) is 3.85. The Balaban J connectivity index is 2.18. The Hall–Kier alpha value is -1.32. The molecule has 1 fully saturated rings. The van der Waals surface area contributed by atoms with Crippen molar-refractivity contribution in [3.8, 4) is 0 Å². The van der Waals surface area contributed by atoms with Crippen LogP contribution in [0.2, 0.25) is 0 Å². The van der Waals surface area contributed by atoms with Gasteiger partial charge in [-0.05, 0) is 32.8 Å². The van der Waals surface area contributed by atoms with Crippen molar-refractivity contribution in [2.45, 2.75) is 57.4 Å². The van der Waals surface area contributed by atoms with Gasteiger partial charge in [-0.3, -0.25) is 9.48 Å². The lowest BCUT2D eigenvalue weighted by Gasteiger charge is -2.27. The molecule has 4 heteroatoms. The molecule has 106 valence electrons. The summed E-state index contributed by atoms with van der Waals surface area (Å²) in [6, 6.07) is 2.08. The van der Waals surface area contributed by atoms with E-state index in [2.05, 4.69) is 11.2 Å². The van der Waals surface area contributed by atoms with Gasteiger partial charge < -0.3 is 4.90 Å². The largest absolute Gasteiger partial charge is 0.347 e. The highest BCUT2D eigenvalue weighted by Crippen LogP contribution is 2.32. The Kier molecular flexibility index (Phi) is 3.97. The van der Waals surface area contributed by atoms with Crippen LogP contribution in [-0.2, 0) is 10.3 Å². The van der Waals surface area contributed by atoms with Crippen molar-refractivity contribution in [3.63, 3.8) is 0 Å². The summed E-state index contributed by atoms with van der Waals surface area (Å²) >= 11 is 0. The van der Waals surface area contributed by atoms with E-state index in [1.807, 2.05) is 24.7 Å². The van der Waals surface area contributed by atoms with E-state index in [-0.39, 0.29) is 5.91 Å². The van der Waals surface area contributed by atoms with E-state index < -0.39 is 5.54 Å². The van der Waals surface area contributed by atoms with Crippen molar-refractivity contribution in [2.24, 2.45) is 0 Å². The first kappa shape index (κ1) is 14.1. The number of rotatable bonds is 3. The van der Waals surface area contributed by atoms with Crippen molar-refractivity contribution in [1.29, 1.82) is 0 Å². The molecule has 0 saturated heterocycles. The lowest BCUT2D eigenvalue weighted by atomic mass is 9.87. The molecule has 1 heterocycles. The molecule has 1 aliphatic rings. The molecule has 1 aromatic rings. The highest BCUT2D eigenvalue weighted by Gasteiger charge is 2.32. The highest BCUT2D eigenvalue weighted by atomic mass is 16.2. The van der Waals surface area contributed by atoms with E-state index in [0.29, 0.717) is 5.92 Å². The van der Waals surface area contributed by atoms with E-state index in [1.165, 1.54) is 32.1 Å². The molecule has 0 aliphatic heterocycles. The first-order valence-electron chi connectivity index (χ1n) is 7.20. The van der Waals surface area contributed by atoms with E-state index >= 15 is 0 Å². The Morgan fingerprint density at radius 3 is 2.53 bits per heavy atom. The number of amides is 1. The van der Waals surface area contributed by atoms with E-state index in [9.17, 15) is 4.79 Å². The molecule has 1 saturated carbocycles. The summed E-state index contributed by atoms with van der Waals surface area (Å²) in [7, 11) is 3.57. The van der Waals surface area contributed by atoms with Gasteiger partial charge in [0.2, 0.25) is 5.91 Å². The minimum absolute atomic E-state index is 0.0748. The maximum Gasteiger partial charge on any atom is 0.249 e. The quantitative estimate of drug-likeness (QED) is 0.841. The van der Waals surface area contributed by atoms with Gasteiger partial charge >= 0.3 is 0 Å². The first-order valence-corrected chi connectivity index (χ1v) is 7.20. The lowest BCUT2D eigenvalue weighted by molar-refractivity contribution is -0.137. The Morgan fingerprint density at radius 1 is 1.32 bits per heavy atom. The Labute approximate surface area is 115 Å². The summed E-state index contributed by atoms with van der Waals surface area (Å²) in [4.78, 5) is 13.8. The lowest BCUT2D eigenvalue weighted by Crippen LogP contribution is -2.44. The van der Waals surface area contributed by atoms with Gasteiger partial charge in [0.05, 0.1) is 5.69 Å². The molecule has 4 nitrogen and oxygen atoms in total. The van der Waals surface area contributed by atoms with Crippen LogP contribution in [0.5, 0.6) is 0 Å². The molecule has 0 N–H and O–H groups in total. The summed E-state index contributed by atoms with van der Waals surface area (Å²) in [5.41, 5.74) is 0.537. The molecule has 0 atom stereocenters. The van der Waals surface area contributed by atoms with Crippen LogP contribution in [0.4, 0.5) is 0 Å². The van der Waals surface area contributed by atoms with Gasteiger partial charge in [-0.15, -0.1) is 0 Å². The van der Waals surface area contributed by atoms with Gasteiger partial charge in [-0.1, -0.05) is 19.3 Å². The zero-order valence-corrected chi connectivity index (χ0v) is 12.5. The minimum Gasteiger partial charge on any atom is -0.347 e. The fourth-order valence-corrected chi connectivity index (χ4v) is 2.91. The first-order chi connectivity index (χ1) is 8.93. The summed E-state index contributed by atoms with van der Waals surface area (Å²) in [6.07, 6.45) is 8.38. The molecule has 1 aromatic heterocycles. The summed E-state index contributed by atoms with van der Waals surface area (Å²) < 4.78 is 1.82. The molecular formula is C15H25N3O. The molecular weight excluding hydrogens is 238 g/mol. The number of nitrogens with zero attached hydrogens (tertiary/aromatic N) is 3. The normalized spacial score (nSPS) is 17.5.